The molecule has 5 heteroatoms. The number of aryl methyl sites for hydroxylation is 1. The maximum absolute atomic E-state index is 13.7. The molecule has 0 radical (unpaired) electrons. The van der Waals surface area contributed by atoms with Gasteiger partial charge in [-0.15, -0.1) is 0 Å². The lowest BCUT2D eigenvalue weighted by Crippen LogP contribution is -2.10. The van der Waals surface area contributed by atoms with Crippen LogP contribution in [-0.4, -0.2) is 11.0 Å². The minimum absolute atomic E-state index is 0.000774. The number of carbonyl (C=O) groups is 1. The van der Waals surface area contributed by atoms with E-state index in [1.807, 2.05) is 12.1 Å². The van der Waals surface area contributed by atoms with Gasteiger partial charge in [-0.2, -0.15) is 4.39 Å². The van der Waals surface area contributed by atoms with E-state index >= 15 is 0 Å². The molecule has 0 aliphatic rings. The van der Waals surface area contributed by atoms with Crippen molar-refractivity contribution in [2.45, 2.75) is 45.4 Å². The van der Waals surface area contributed by atoms with Crippen molar-refractivity contribution < 1.29 is 13.9 Å². The number of unbranched alkanes of at least 4 members (excludes halogenated alkanes) is 4. The van der Waals surface area contributed by atoms with Crippen LogP contribution in [-0.2, 0) is 6.42 Å². The fourth-order valence-electron chi connectivity index (χ4n) is 3.23. The van der Waals surface area contributed by atoms with Gasteiger partial charge in [-0.05, 0) is 53.8 Å². The maximum atomic E-state index is 13.7. The van der Waals surface area contributed by atoms with Crippen LogP contribution in [0.25, 0.3) is 11.1 Å². The van der Waals surface area contributed by atoms with Gasteiger partial charge in [0, 0.05) is 0 Å². The molecule has 0 atom stereocenters. The first-order chi connectivity index (χ1) is 14.6. The summed E-state index contributed by atoms with van der Waals surface area (Å²) in [5.41, 5.74) is 3.75. The van der Waals surface area contributed by atoms with Crippen LogP contribution in [0.3, 0.4) is 0 Å². The molecule has 0 bridgehead atoms. The number of aromatic nitrogens is 1. The van der Waals surface area contributed by atoms with E-state index in [-0.39, 0.29) is 10.9 Å². The van der Waals surface area contributed by atoms with Gasteiger partial charge in [0.15, 0.2) is 5.75 Å². The summed E-state index contributed by atoms with van der Waals surface area (Å²) in [6, 6.07) is 18.2. The predicted molar refractivity (Wildman–Crippen MR) is 119 cm³/mol. The topological polar surface area (TPSA) is 39.2 Å². The fourth-order valence-corrected chi connectivity index (χ4v) is 3.37. The van der Waals surface area contributed by atoms with Crippen molar-refractivity contribution in [3.63, 3.8) is 0 Å². The quantitative estimate of drug-likeness (QED) is 0.205. The molecule has 3 rings (SSSR count). The first-order valence-electron chi connectivity index (χ1n) is 10.3. The Morgan fingerprint density at radius 2 is 1.53 bits per heavy atom. The Hall–Kier alpha value is -2.72. The van der Waals surface area contributed by atoms with E-state index < -0.39 is 11.9 Å². The molecule has 0 unspecified atom stereocenters. The highest BCUT2D eigenvalue weighted by Gasteiger charge is 2.13. The number of nitrogens with zero attached hydrogens (tertiary/aromatic N) is 1. The number of hydrogen-bond acceptors (Lipinski definition) is 3. The molecule has 30 heavy (non-hydrogen) atoms. The lowest BCUT2D eigenvalue weighted by Gasteiger charge is -2.07. The Balaban J connectivity index is 1.59. The van der Waals surface area contributed by atoms with E-state index in [2.05, 4.69) is 36.2 Å². The Labute approximate surface area is 181 Å². The molecule has 0 aliphatic carbocycles. The van der Waals surface area contributed by atoms with E-state index in [0.717, 1.165) is 17.5 Å². The third-order valence-electron chi connectivity index (χ3n) is 4.96. The number of halogens is 2. The molecule has 0 spiro atoms. The molecule has 0 aliphatic heterocycles. The molecular weight excluding hydrogens is 401 g/mol. The van der Waals surface area contributed by atoms with Gasteiger partial charge < -0.3 is 4.74 Å². The predicted octanol–water partition coefficient (Wildman–Crippen LogP) is 7.27. The normalized spacial score (nSPS) is 10.8. The zero-order valence-electron chi connectivity index (χ0n) is 17.0. The van der Waals surface area contributed by atoms with Crippen molar-refractivity contribution in [1.29, 1.82) is 0 Å². The van der Waals surface area contributed by atoms with Crippen molar-refractivity contribution in [2.24, 2.45) is 0 Å². The molecule has 0 saturated heterocycles. The molecule has 0 N–H and O–H groups in total. The van der Waals surface area contributed by atoms with Crippen LogP contribution in [0.1, 0.15) is 54.9 Å². The third-order valence-corrected chi connectivity index (χ3v) is 5.17. The van der Waals surface area contributed by atoms with E-state index in [9.17, 15) is 9.18 Å². The van der Waals surface area contributed by atoms with Crippen LogP contribution in [0.5, 0.6) is 5.75 Å². The van der Waals surface area contributed by atoms with Gasteiger partial charge >= 0.3 is 5.97 Å². The first-order valence-corrected chi connectivity index (χ1v) is 10.7. The molecule has 3 aromatic rings. The average molecular weight is 426 g/mol. The number of esters is 1. The van der Waals surface area contributed by atoms with Crippen molar-refractivity contribution in [1.82, 2.24) is 4.98 Å². The number of hydrogen-bond donors (Lipinski definition) is 0. The van der Waals surface area contributed by atoms with Crippen LogP contribution in [0.4, 0.5) is 4.39 Å². The summed E-state index contributed by atoms with van der Waals surface area (Å²) in [6.07, 6.45) is 7.49. The third kappa shape index (κ3) is 6.14. The monoisotopic (exact) mass is 425 g/mol. The zero-order valence-corrected chi connectivity index (χ0v) is 17.8. The summed E-state index contributed by atoms with van der Waals surface area (Å²) in [5.74, 6) is -1.82. The number of rotatable bonds is 9. The largest absolute Gasteiger partial charge is 0.418 e. The minimum atomic E-state index is -0.919. The Kier molecular flexibility index (Phi) is 7.97. The number of ether oxygens (including phenoxy) is 1. The summed E-state index contributed by atoms with van der Waals surface area (Å²) in [7, 11) is 0. The summed E-state index contributed by atoms with van der Waals surface area (Å²) in [6.45, 7) is 2.23. The van der Waals surface area contributed by atoms with E-state index in [1.165, 1.54) is 49.8 Å². The Bertz CT molecular complexity index is 971. The Morgan fingerprint density at radius 1 is 0.900 bits per heavy atom. The van der Waals surface area contributed by atoms with Gasteiger partial charge in [0.25, 0.3) is 5.95 Å². The van der Waals surface area contributed by atoms with Gasteiger partial charge in [-0.3, -0.25) is 0 Å². The highest BCUT2D eigenvalue weighted by molar-refractivity contribution is 6.29. The highest BCUT2D eigenvalue weighted by Crippen LogP contribution is 2.23. The highest BCUT2D eigenvalue weighted by atomic mass is 35.5. The van der Waals surface area contributed by atoms with Gasteiger partial charge in [0.1, 0.15) is 5.15 Å². The molecule has 0 saturated carbocycles. The molecular formula is C25H25ClFNO2. The average Bonchev–Trinajstić information content (AvgIpc) is 2.76. The molecule has 3 nitrogen and oxygen atoms in total. The molecule has 2 aromatic carbocycles. The van der Waals surface area contributed by atoms with E-state index in [4.69, 9.17) is 16.3 Å². The number of pyridine rings is 1. The summed E-state index contributed by atoms with van der Waals surface area (Å²) < 4.78 is 18.8. The van der Waals surface area contributed by atoms with Crippen molar-refractivity contribution in [3.8, 4) is 16.9 Å². The van der Waals surface area contributed by atoms with Crippen LogP contribution in [0, 0.1) is 5.95 Å². The molecule has 156 valence electrons. The zero-order chi connectivity index (χ0) is 21.3. The summed E-state index contributed by atoms with van der Waals surface area (Å²) in [4.78, 5) is 15.7. The van der Waals surface area contributed by atoms with E-state index in [1.54, 1.807) is 12.1 Å². The van der Waals surface area contributed by atoms with E-state index in [0.29, 0.717) is 5.56 Å². The minimum Gasteiger partial charge on any atom is -0.418 e. The fraction of sp³-hybridized carbons (Fsp3) is 0.280. The second kappa shape index (κ2) is 10.9. The standard InChI is InChI=1S/C25H25ClFNO2/c1-2-3-4-5-6-7-18-8-10-19(11-9-18)20-12-14-21(15-13-20)25(29)30-22-16-17-23(26)28-24(22)27/h8-17H,2-7H2,1H3. The lowest BCUT2D eigenvalue weighted by molar-refractivity contribution is 0.0726. The van der Waals surface area contributed by atoms with Gasteiger partial charge in [0.05, 0.1) is 5.56 Å². The van der Waals surface area contributed by atoms with Crippen molar-refractivity contribution >= 4 is 17.6 Å². The molecule has 0 amide bonds. The van der Waals surface area contributed by atoms with Crippen molar-refractivity contribution in [3.05, 3.63) is 82.9 Å². The summed E-state index contributed by atoms with van der Waals surface area (Å²) in [5, 5.41) is -0.000774. The smallest absolute Gasteiger partial charge is 0.343 e. The SMILES string of the molecule is CCCCCCCc1ccc(-c2ccc(C(=O)Oc3ccc(Cl)nc3F)cc2)cc1. The van der Waals surface area contributed by atoms with Gasteiger partial charge in [-0.1, -0.05) is 80.6 Å². The summed E-state index contributed by atoms with van der Waals surface area (Å²) >= 11 is 5.61. The van der Waals surface area contributed by atoms with Gasteiger partial charge in [-0.25, -0.2) is 9.78 Å². The second-order valence-corrected chi connectivity index (χ2v) is 7.64. The van der Waals surface area contributed by atoms with Crippen LogP contribution in [0.2, 0.25) is 5.15 Å². The maximum Gasteiger partial charge on any atom is 0.343 e. The van der Waals surface area contributed by atoms with Crippen LogP contribution in [0.15, 0.2) is 60.7 Å². The number of benzene rings is 2. The Morgan fingerprint density at radius 3 is 2.17 bits per heavy atom. The van der Waals surface area contributed by atoms with Crippen LogP contribution >= 0.6 is 11.6 Å². The molecule has 0 fully saturated rings. The molecule has 1 aromatic heterocycles. The second-order valence-electron chi connectivity index (χ2n) is 7.25. The van der Waals surface area contributed by atoms with Gasteiger partial charge in [0.2, 0.25) is 0 Å². The number of carbonyl (C=O) groups excluding carboxylic acids is 1. The lowest BCUT2D eigenvalue weighted by atomic mass is 10.00. The molecule has 1 heterocycles. The van der Waals surface area contributed by atoms with Crippen LogP contribution < -0.4 is 4.74 Å². The first kappa shape index (κ1) is 22.0. The van der Waals surface area contributed by atoms with Crippen molar-refractivity contribution in [2.75, 3.05) is 0 Å².